The number of nitrogens with one attached hydrogen (secondary N) is 1. The normalized spacial score (nSPS) is 24.4. The minimum absolute atomic E-state index is 0.353. The van der Waals surface area contributed by atoms with Gasteiger partial charge in [-0.15, -0.1) is 0 Å². The van der Waals surface area contributed by atoms with Crippen molar-refractivity contribution in [1.82, 2.24) is 4.98 Å². The molecule has 1 fully saturated rings. The van der Waals surface area contributed by atoms with Crippen LogP contribution in [0.1, 0.15) is 13.3 Å². The molecule has 2 atom stereocenters. The fourth-order valence-electron chi connectivity index (χ4n) is 1.89. The molecular formula is C12H18N2O2. The molecule has 2 heterocycles. The summed E-state index contributed by atoms with van der Waals surface area (Å²) in [7, 11) is 1.64. The molecule has 0 bridgehead atoms. The van der Waals surface area contributed by atoms with Crippen LogP contribution in [-0.2, 0) is 4.74 Å². The summed E-state index contributed by atoms with van der Waals surface area (Å²) in [6.45, 7) is 3.92. The molecule has 0 amide bonds. The van der Waals surface area contributed by atoms with Crippen LogP contribution in [0.4, 0.5) is 5.82 Å². The Labute approximate surface area is 96.0 Å². The summed E-state index contributed by atoms with van der Waals surface area (Å²) in [6, 6.07) is 3.84. The largest absolute Gasteiger partial charge is 0.495 e. The van der Waals surface area contributed by atoms with Crippen molar-refractivity contribution in [2.45, 2.75) is 19.4 Å². The maximum Gasteiger partial charge on any atom is 0.137 e. The van der Waals surface area contributed by atoms with E-state index in [1.807, 2.05) is 12.1 Å². The molecule has 4 heteroatoms. The first-order valence-corrected chi connectivity index (χ1v) is 5.65. The minimum Gasteiger partial charge on any atom is -0.495 e. The third kappa shape index (κ3) is 2.64. The first-order valence-electron chi connectivity index (χ1n) is 5.65. The van der Waals surface area contributed by atoms with Crippen molar-refractivity contribution >= 4 is 5.82 Å². The monoisotopic (exact) mass is 222 g/mol. The van der Waals surface area contributed by atoms with E-state index >= 15 is 0 Å². The van der Waals surface area contributed by atoms with Gasteiger partial charge < -0.3 is 14.8 Å². The standard InChI is InChI=1S/C12H18N2O2/c1-9-10(5-6-16-9)7-13-12-4-3-11(15-2)8-14-12/h3-4,8-10H,5-7H2,1-2H3,(H,13,14). The van der Waals surface area contributed by atoms with E-state index in [2.05, 4.69) is 17.2 Å². The molecule has 16 heavy (non-hydrogen) atoms. The molecule has 0 spiro atoms. The van der Waals surface area contributed by atoms with E-state index in [1.165, 1.54) is 0 Å². The molecular weight excluding hydrogens is 204 g/mol. The molecule has 0 saturated carbocycles. The first kappa shape index (κ1) is 11.2. The van der Waals surface area contributed by atoms with Crippen LogP contribution in [0.5, 0.6) is 5.75 Å². The summed E-state index contributed by atoms with van der Waals surface area (Å²) in [5.41, 5.74) is 0. The van der Waals surface area contributed by atoms with E-state index in [9.17, 15) is 0 Å². The van der Waals surface area contributed by atoms with Crippen LogP contribution in [0.2, 0.25) is 0 Å². The van der Waals surface area contributed by atoms with E-state index < -0.39 is 0 Å². The lowest BCUT2D eigenvalue weighted by Crippen LogP contribution is -2.21. The number of ether oxygens (including phenoxy) is 2. The van der Waals surface area contributed by atoms with Crippen LogP contribution >= 0.6 is 0 Å². The third-order valence-corrected chi connectivity index (χ3v) is 3.05. The highest BCUT2D eigenvalue weighted by Crippen LogP contribution is 2.21. The van der Waals surface area contributed by atoms with Gasteiger partial charge in [0.05, 0.1) is 19.4 Å². The molecule has 2 rings (SSSR count). The van der Waals surface area contributed by atoms with Crippen molar-refractivity contribution in [2.24, 2.45) is 5.92 Å². The Balaban J connectivity index is 1.84. The van der Waals surface area contributed by atoms with Crippen molar-refractivity contribution in [1.29, 1.82) is 0 Å². The first-order chi connectivity index (χ1) is 7.79. The summed E-state index contributed by atoms with van der Waals surface area (Å²) in [5.74, 6) is 2.26. The van der Waals surface area contributed by atoms with Gasteiger partial charge in [0, 0.05) is 19.1 Å². The Morgan fingerprint density at radius 3 is 3.00 bits per heavy atom. The fourth-order valence-corrected chi connectivity index (χ4v) is 1.89. The molecule has 0 radical (unpaired) electrons. The van der Waals surface area contributed by atoms with E-state index in [0.717, 1.165) is 31.1 Å². The number of hydrogen-bond acceptors (Lipinski definition) is 4. The lowest BCUT2D eigenvalue weighted by Gasteiger charge is -2.15. The van der Waals surface area contributed by atoms with Gasteiger partial charge in [-0.05, 0) is 25.5 Å². The maximum atomic E-state index is 5.51. The highest BCUT2D eigenvalue weighted by molar-refractivity contribution is 5.37. The summed E-state index contributed by atoms with van der Waals surface area (Å²) >= 11 is 0. The number of hydrogen-bond donors (Lipinski definition) is 1. The van der Waals surface area contributed by atoms with Gasteiger partial charge in [0.25, 0.3) is 0 Å². The average Bonchev–Trinajstić information content (AvgIpc) is 2.73. The van der Waals surface area contributed by atoms with Gasteiger partial charge in [-0.25, -0.2) is 4.98 Å². The minimum atomic E-state index is 0.353. The summed E-state index contributed by atoms with van der Waals surface area (Å²) in [4.78, 5) is 4.26. The van der Waals surface area contributed by atoms with Crippen molar-refractivity contribution in [3.63, 3.8) is 0 Å². The number of methoxy groups -OCH3 is 1. The summed E-state index contributed by atoms with van der Waals surface area (Å²) < 4.78 is 10.6. The molecule has 1 aromatic heterocycles. The van der Waals surface area contributed by atoms with Gasteiger partial charge in [-0.2, -0.15) is 0 Å². The Morgan fingerprint density at radius 1 is 1.56 bits per heavy atom. The Kier molecular flexibility index (Phi) is 3.62. The van der Waals surface area contributed by atoms with E-state index in [4.69, 9.17) is 9.47 Å². The highest BCUT2D eigenvalue weighted by atomic mass is 16.5. The molecule has 2 unspecified atom stereocenters. The zero-order chi connectivity index (χ0) is 11.4. The van der Waals surface area contributed by atoms with Crippen LogP contribution < -0.4 is 10.1 Å². The molecule has 1 aliphatic heterocycles. The van der Waals surface area contributed by atoms with Gasteiger partial charge in [-0.1, -0.05) is 0 Å². The van der Waals surface area contributed by atoms with Gasteiger partial charge in [-0.3, -0.25) is 0 Å². The Bertz CT molecular complexity index is 326. The molecule has 1 aromatic rings. The SMILES string of the molecule is COc1ccc(NCC2CCOC2C)nc1. The van der Waals surface area contributed by atoms with Gasteiger partial charge >= 0.3 is 0 Å². The maximum absolute atomic E-state index is 5.51. The number of anilines is 1. The van der Waals surface area contributed by atoms with Crippen LogP contribution in [0.3, 0.4) is 0 Å². The average molecular weight is 222 g/mol. The molecule has 0 aliphatic carbocycles. The Morgan fingerprint density at radius 2 is 2.44 bits per heavy atom. The lowest BCUT2D eigenvalue weighted by atomic mass is 10.0. The second kappa shape index (κ2) is 5.16. The molecule has 88 valence electrons. The van der Waals surface area contributed by atoms with Gasteiger partial charge in [0.15, 0.2) is 0 Å². The van der Waals surface area contributed by atoms with Crippen LogP contribution in [-0.4, -0.2) is 31.3 Å². The number of rotatable bonds is 4. The molecule has 1 aliphatic rings. The molecule has 0 aromatic carbocycles. The van der Waals surface area contributed by atoms with Crippen LogP contribution in [0.15, 0.2) is 18.3 Å². The van der Waals surface area contributed by atoms with E-state index in [0.29, 0.717) is 12.0 Å². The number of aromatic nitrogens is 1. The van der Waals surface area contributed by atoms with E-state index in [1.54, 1.807) is 13.3 Å². The second-order valence-electron chi connectivity index (χ2n) is 4.09. The molecule has 4 nitrogen and oxygen atoms in total. The topological polar surface area (TPSA) is 43.4 Å². The zero-order valence-electron chi connectivity index (χ0n) is 9.77. The van der Waals surface area contributed by atoms with E-state index in [-0.39, 0.29) is 0 Å². The van der Waals surface area contributed by atoms with Crippen molar-refractivity contribution in [2.75, 3.05) is 25.6 Å². The third-order valence-electron chi connectivity index (χ3n) is 3.05. The predicted octanol–water partition coefficient (Wildman–Crippen LogP) is 1.93. The van der Waals surface area contributed by atoms with Crippen LogP contribution in [0.25, 0.3) is 0 Å². The second-order valence-corrected chi connectivity index (χ2v) is 4.09. The smallest absolute Gasteiger partial charge is 0.137 e. The van der Waals surface area contributed by atoms with Crippen molar-refractivity contribution < 1.29 is 9.47 Å². The van der Waals surface area contributed by atoms with Crippen molar-refractivity contribution in [3.05, 3.63) is 18.3 Å². The fraction of sp³-hybridized carbons (Fsp3) is 0.583. The van der Waals surface area contributed by atoms with Gasteiger partial charge in [0.2, 0.25) is 0 Å². The number of pyridine rings is 1. The lowest BCUT2D eigenvalue weighted by molar-refractivity contribution is 0.108. The zero-order valence-corrected chi connectivity index (χ0v) is 9.77. The molecule has 1 N–H and O–H groups in total. The summed E-state index contributed by atoms with van der Waals surface area (Å²) in [5, 5.41) is 3.32. The van der Waals surface area contributed by atoms with Crippen molar-refractivity contribution in [3.8, 4) is 5.75 Å². The highest BCUT2D eigenvalue weighted by Gasteiger charge is 2.23. The van der Waals surface area contributed by atoms with Gasteiger partial charge in [0.1, 0.15) is 11.6 Å². The van der Waals surface area contributed by atoms with Crippen LogP contribution in [0, 0.1) is 5.92 Å². The number of nitrogens with zero attached hydrogens (tertiary/aromatic N) is 1. The summed E-state index contributed by atoms with van der Waals surface area (Å²) in [6.07, 6.45) is 3.20. The molecule has 1 saturated heterocycles. The quantitative estimate of drug-likeness (QED) is 0.845. The predicted molar refractivity (Wildman–Crippen MR) is 62.8 cm³/mol. The Hall–Kier alpha value is -1.29.